The number of hydrogen-bond donors (Lipinski definition) is 0. The van der Waals surface area contributed by atoms with Crippen LogP contribution in [0.25, 0.3) is 0 Å². The average Bonchev–Trinajstić information content (AvgIpc) is 2.59. The highest BCUT2D eigenvalue weighted by atomic mass is 16.5. The molecular weight excluding hydrogens is 280 g/mol. The van der Waals surface area contributed by atoms with E-state index in [1.807, 2.05) is 0 Å². The van der Waals surface area contributed by atoms with Crippen molar-refractivity contribution in [2.75, 3.05) is 6.61 Å². The van der Waals surface area contributed by atoms with E-state index in [0.717, 1.165) is 6.61 Å². The van der Waals surface area contributed by atoms with E-state index in [1.165, 1.54) is 103 Å². The van der Waals surface area contributed by atoms with Crippen LogP contribution in [0.3, 0.4) is 0 Å². The van der Waals surface area contributed by atoms with Gasteiger partial charge in [-0.25, -0.2) is 0 Å². The Kier molecular flexibility index (Phi) is 27.9. The Morgan fingerprint density at radius 1 is 0.565 bits per heavy atom. The zero-order valence-corrected chi connectivity index (χ0v) is 16.1. The highest BCUT2D eigenvalue weighted by Gasteiger charge is 1.94. The highest BCUT2D eigenvalue weighted by molar-refractivity contribution is 4.51. The van der Waals surface area contributed by atoms with Crippen molar-refractivity contribution in [2.45, 2.75) is 110 Å². The molecule has 0 saturated heterocycles. The summed E-state index contributed by atoms with van der Waals surface area (Å²) in [5.41, 5.74) is 0. The van der Waals surface area contributed by atoms with Crippen molar-refractivity contribution in [1.29, 1.82) is 0 Å². The van der Waals surface area contributed by atoms with Crippen molar-refractivity contribution in [1.82, 2.24) is 0 Å². The molecule has 0 atom stereocenters. The average molecular weight is 325 g/mol. The summed E-state index contributed by atoms with van der Waals surface area (Å²) in [6.45, 7) is 12.7. The lowest BCUT2D eigenvalue weighted by molar-refractivity contribution is 0.241. The van der Waals surface area contributed by atoms with Crippen LogP contribution in [0.4, 0.5) is 0 Å². The molecule has 0 radical (unpaired) electrons. The molecule has 0 aliphatic heterocycles. The van der Waals surface area contributed by atoms with Gasteiger partial charge in [0, 0.05) is 0 Å². The molecule has 0 amide bonds. The first-order chi connectivity index (χ1) is 11.4. The summed E-state index contributed by atoms with van der Waals surface area (Å²) >= 11 is 0. The van der Waals surface area contributed by atoms with Crippen LogP contribution in [0.2, 0.25) is 0 Å². The van der Waals surface area contributed by atoms with E-state index in [1.54, 1.807) is 6.26 Å². The lowest BCUT2D eigenvalue weighted by Gasteiger charge is -2.03. The molecule has 0 rings (SSSR count). The van der Waals surface area contributed by atoms with Gasteiger partial charge in [-0.1, -0.05) is 110 Å². The quantitative estimate of drug-likeness (QED) is 0.140. The van der Waals surface area contributed by atoms with Gasteiger partial charge < -0.3 is 4.74 Å². The van der Waals surface area contributed by atoms with Gasteiger partial charge in [0.1, 0.15) is 0 Å². The Bertz CT molecular complexity index is 200. The molecule has 0 unspecified atom stereocenters. The maximum atomic E-state index is 5.12. The third kappa shape index (κ3) is 26.5. The minimum absolute atomic E-state index is 0.849. The maximum absolute atomic E-state index is 5.12. The maximum Gasteiger partial charge on any atom is 0.0873 e. The monoisotopic (exact) mass is 324 g/mol. The largest absolute Gasteiger partial charge is 0.502 e. The summed E-state index contributed by atoms with van der Waals surface area (Å²) in [5, 5.41) is 0. The number of rotatable bonds is 18. The zero-order valence-electron chi connectivity index (χ0n) is 16.1. The summed E-state index contributed by atoms with van der Waals surface area (Å²) in [6.07, 6.45) is 24.2. The molecule has 0 fully saturated rings. The molecular formula is C22H44O. The Morgan fingerprint density at radius 3 is 1.17 bits per heavy atom. The summed E-state index contributed by atoms with van der Waals surface area (Å²) in [7, 11) is 0. The molecule has 0 aliphatic rings. The SMILES string of the molecule is C=C.C=COCCCCCCCCCCCCCCCCCC. The van der Waals surface area contributed by atoms with E-state index in [4.69, 9.17) is 4.74 Å². The second-order valence-corrected chi connectivity index (χ2v) is 6.34. The zero-order chi connectivity index (χ0) is 17.4. The fourth-order valence-corrected chi connectivity index (χ4v) is 2.82. The van der Waals surface area contributed by atoms with Gasteiger partial charge >= 0.3 is 0 Å². The highest BCUT2D eigenvalue weighted by Crippen LogP contribution is 2.13. The van der Waals surface area contributed by atoms with Gasteiger partial charge in [-0.15, -0.1) is 13.2 Å². The standard InChI is InChI=1S/C20H40O.C2H4/c1-3-5-6-7-8-9-10-11-12-13-14-15-16-17-18-19-20-21-4-2;1-2/h4H,2-3,5-20H2,1H3;1-2H2. The number of ether oxygens (including phenoxy) is 1. The normalized spacial score (nSPS) is 9.96. The third-order valence-corrected chi connectivity index (χ3v) is 4.23. The Morgan fingerprint density at radius 2 is 0.870 bits per heavy atom. The van der Waals surface area contributed by atoms with Gasteiger partial charge in [0.2, 0.25) is 0 Å². The minimum Gasteiger partial charge on any atom is -0.502 e. The van der Waals surface area contributed by atoms with Crippen molar-refractivity contribution in [3.05, 3.63) is 26.0 Å². The molecule has 23 heavy (non-hydrogen) atoms. The van der Waals surface area contributed by atoms with E-state index in [-0.39, 0.29) is 0 Å². The lowest BCUT2D eigenvalue weighted by Crippen LogP contribution is -1.87. The molecule has 1 heteroatoms. The molecule has 0 aromatic heterocycles. The molecule has 0 saturated carbocycles. The van der Waals surface area contributed by atoms with Gasteiger partial charge in [-0.2, -0.15) is 0 Å². The van der Waals surface area contributed by atoms with E-state index < -0.39 is 0 Å². The second-order valence-electron chi connectivity index (χ2n) is 6.34. The van der Waals surface area contributed by atoms with Crippen molar-refractivity contribution in [3.8, 4) is 0 Å². The van der Waals surface area contributed by atoms with Gasteiger partial charge in [-0.3, -0.25) is 0 Å². The van der Waals surface area contributed by atoms with Crippen LogP contribution in [0.5, 0.6) is 0 Å². The van der Waals surface area contributed by atoms with Gasteiger partial charge in [-0.05, 0) is 6.42 Å². The summed E-state index contributed by atoms with van der Waals surface area (Å²) in [5.74, 6) is 0. The van der Waals surface area contributed by atoms with Crippen LogP contribution in [0, 0.1) is 0 Å². The van der Waals surface area contributed by atoms with Crippen molar-refractivity contribution in [3.63, 3.8) is 0 Å². The van der Waals surface area contributed by atoms with E-state index in [2.05, 4.69) is 26.7 Å². The van der Waals surface area contributed by atoms with Crippen LogP contribution in [-0.4, -0.2) is 6.61 Å². The first-order valence-electron chi connectivity index (χ1n) is 10.1. The fourth-order valence-electron chi connectivity index (χ4n) is 2.82. The molecule has 0 aliphatic carbocycles. The summed E-state index contributed by atoms with van der Waals surface area (Å²) < 4.78 is 5.12. The molecule has 0 aromatic carbocycles. The van der Waals surface area contributed by atoms with E-state index >= 15 is 0 Å². The van der Waals surface area contributed by atoms with Crippen LogP contribution in [0.15, 0.2) is 26.0 Å². The van der Waals surface area contributed by atoms with Crippen molar-refractivity contribution < 1.29 is 4.74 Å². The Hall–Kier alpha value is -0.720. The van der Waals surface area contributed by atoms with Crippen molar-refractivity contribution in [2.24, 2.45) is 0 Å². The first-order valence-corrected chi connectivity index (χ1v) is 10.1. The first kappa shape index (κ1) is 24.5. The second kappa shape index (κ2) is 26.2. The topological polar surface area (TPSA) is 9.23 Å². The van der Waals surface area contributed by atoms with Gasteiger partial charge in [0.15, 0.2) is 0 Å². The van der Waals surface area contributed by atoms with Crippen LogP contribution in [-0.2, 0) is 4.74 Å². The Balaban J connectivity index is 0. The smallest absolute Gasteiger partial charge is 0.0873 e. The molecule has 0 spiro atoms. The molecule has 0 aromatic rings. The van der Waals surface area contributed by atoms with Gasteiger partial charge in [0.05, 0.1) is 12.9 Å². The predicted octanol–water partition coefficient (Wildman–Crippen LogP) is 8.21. The molecule has 0 bridgehead atoms. The number of hydrogen-bond acceptors (Lipinski definition) is 1. The molecule has 138 valence electrons. The minimum atomic E-state index is 0.849. The van der Waals surface area contributed by atoms with E-state index in [0.29, 0.717) is 0 Å². The van der Waals surface area contributed by atoms with E-state index in [9.17, 15) is 0 Å². The molecule has 1 nitrogen and oxygen atoms in total. The molecule has 0 N–H and O–H groups in total. The third-order valence-electron chi connectivity index (χ3n) is 4.23. The summed E-state index contributed by atoms with van der Waals surface area (Å²) in [6, 6.07) is 0. The van der Waals surface area contributed by atoms with Crippen LogP contribution >= 0.6 is 0 Å². The van der Waals surface area contributed by atoms with Crippen molar-refractivity contribution >= 4 is 0 Å². The summed E-state index contributed by atoms with van der Waals surface area (Å²) in [4.78, 5) is 0. The number of unbranched alkanes of at least 4 members (excludes halogenated alkanes) is 15. The van der Waals surface area contributed by atoms with Gasteiger partial charge in [0.25, 0.3) is 0 Å². The Labute approximate surface area is 147 Å². The van der Waals surface area contributed by atoms with Crippen LogP contribution < -0.4 is 0 Å². The lowest BCUT2D eigenvalue weighted by atomic mass is 10.0. The predicted molar refractivity (Wildman–Crippen MR) is 107 cm³/mol. The fraction of sp³-hybridized carbons (Fsp3) is 0.818. The molecule has 0 heterocycles. The van der Waals surface area contributed by atoms with Crippen LogP contribution in [0.1, 0.15) is 110 Å².